The highest BCUT2D eigenvalue weighted by molar-refractivity contribution is 6.42. The van der Waals surface area contributed by atoms with E-state index in [1.165, 1.54) is 0 Å². The topological polar surface area (TPSA) is 46.2 Å². The monoisotopic (exact) mass is 255 g/mol. The molecule has 0 aromatic heterocycles. The molecule has 0 spiro atoms. The maximum absolute atomic E-state index is 9.23. The number of hydrogen-bond donors (Lipinski definition) is 2. The molecule has 0 amide bonds. The van der Waals surface area contributed by atoms with E-state index in [2.05, 4.69) is 0 Å². The molecule has 0 fully saturated rings. The van der Waals surface area contributed by atoms with E-state index in [4.69, 9.17) is 28.9 Å². The quantitative estimate of drug-likeness (QED) is 0.855. The van der Waals surface area contributed by atoms with Gasteiger partial charge in [0.2, 0.25) is 0 Å². The lowest BCUT2D eigenvalue weighted by Gasteiger charge is -2.15. The molecule has 0 saturated carbocycles. The summed E-state index contributed by atoms with van der Waals surface area (Å²) in [5, 5.41) is 10.2. The Hall–Kier alpha value is 0.01000. The van der Waals surface area contributed by atoms with Crippen molar-refractivity contribution in [1.82, 2.24) is 0 Å². The van der Waals surface area contributed by atoms with Gasteiger partial charge in [0.1, 0.15) is 0 Å². The molecule has 2 atom stereocenters. The molecule has 1 aromatic carbocycles. The van der Waals surface area contributed by atoms with Crippen molar-refractivity contribution in [3.63, 3.8) is 0 Å². The van der Waals surface area contributed by atoms with Crippen molar-refractivity contribution in [3.05, 3.63) is 33.8 Å². The second-order valence-electron chi connectivity index (χ2n) is 2.94. The van der Waals surface area contributed by atoms with Crippen LogP contribution in [-0.2, 0) is 0 Å². The van der Waals surface area contributed by atoms with Crippen molar-refractivity contribution in [2.75, 3.05) is 0 Å². The fourth-order valence-electron chi connectivity index (χ4n) is 0.998. The molecule has 0 aliphatic heterocycles. The van der Waals surface area contributed by atoms with E-state index in [0.29, 0.717) is 10.0 Å². The number of halogens is 3. The average Bonchev–Trinajstić information content (AvgIpc) is 2.08. The van der Waals surface area contributed by atoms with Crippen LogP contribution in [0.4, 0.5) is 0 Å². The van der Waals surface area contributed by atoms with Crippen LogP contribution in [-0.4, -0.2) is 11.2 Å². The van der Waals surface area contributed by atoms with Crippen LogP contribution in [0.25, 0.3) is 0 Å². The summed E-state index contributed by atoms with van der Waals surface area (Å²) in [6.45, 7) is 1.63. The molecule has 1 rings (SSSR count). The largest absolute Gasteiger partial charge is 0.391 e. The minimum atomic E-state index is -0.600. The van der Waals surface area contributed by atoms with Crippen molar-refractivity contribution >= 4 is 35.6 Å². The van der Waals surface area contributed by atoms with Gasteiger partial charge in [-0.2, -0.15) is 0 Å². The van der Waals surface area contributed by atoms with Crippen molar-refractivity contribution in [1.29, 1.82) is 0 Å². The number of rotatable bonds is 2. The van der Waals surface area contributed by atoms with Gasteiger partial charge >= 0.3 is 0 Å². The first-order valence-electron chi connectivity index (χ1n) is 3.91. The van der Waals surface area contributed by atoms with Crippen LogP contribution in [0.2, 0.25) is 10.0 Å². The fraction of sp³-hybridized carbons (Fsp3) is 0.333. The molecule has 0 radical (unpaired) electrons. The SMILES string of the molecule is C[C@H](O)[C@H](N)c1ccc(Cl)c(Cl)c1.Cl. The van der Waals surface area contributed by atoms with E-state index >= 15 is 0 Å². The highest BCUT2D eigenvalue weighted by atomic mass is 35.5. The summed E-state index contributed by atoms with van der Waals surface area (Å²) in [4.78, 5) is 0. The Morgan fingerprint density at radius 2 is 1.86 bits per heavy atom. The Bertz CT molecular complexity index is 304. The van der Waals surface area contributed by atoms with Gasteiger partial charge in [-0.05, 0) is 24.6 Å². The van der Waals surface area contributed by atoms with Crippen LogP contribution in [0.15, 0.2) is 18.2 Å². The van der Waals surface area contributed by atoms with E-state index in [0.717, 1.165) is 5.56 Å². The molecule has 14 heavy (non-hydrogen) atoms. The smallest absolute Gasteiger partial charge is 0.0704 e. The third kappa shape index (κ3) is 3.30. The molecule has 0 bridgehead atoms. The number of nitrogens with two attached hydrogens (primary N) is 1. The Morgan fingerprint density at radius 3 is 2.29 bits per heavy atom. The van der Waals surface area contributed by atoms with E-state index < -0.39 is 12.1 Å². The highest BCUT2D eigenvalue weighted by Crippen LogP contribution is 2.25. The second kappa shape index (κ2) is 5.79. The summed E-state index contributed by atoms with van der Waals surface area (Å²) in [6, 6.07) is 4.67. The molecule has 1 aromatic rings. The zero-order chi connectivity index (χ0) is 10.0. The summed E-state index contributed by atoms with van der Waals surface area (Å²) < 4.78 is 0. The highest BCUT2D eigenvalue weighted by Gasteiger charge is 2.12. The van der Waals surface area contributed by atoms with Crippen LogP contribution in [0.5, 0.6) is 0 Å². The number of aliphatic hydroxyl groups is 1. The lowest BCUT2D eigenvalue weighted by Crippen LogP contribution is -2.22. The van der Waals surface area contributed by atoms with E-state index in [-0.39, 0.29) is 12.4 Å². The van der Waals surface area contributed by atoms with Crippen LogP contribution >= 0.6 is 35.6 Å². The molecule has 0 unspecified atom stereocenters. The maximum Gasteiger partial charge on any atom is 0.0704 e. The molecule has 0 saturated heterocycles. The minimum absolute atomic E-state index is 0. The Balaban J connectivity index is 0.00000169. The lowest BCUT2D eigenvalue weighted by molar-refractivity contribution is 0.164. The van der Waals surface area contributed by atoms with Gasteiger partial charge in [-0.25, -0.2) is 0 Å². The third-order valence-electron chi connectivity index (χ3n) is 1.85. The lowest BCUT2D eigenvalue weighted by atomic mass is 10.0. The molecule has 0 aliphatic rings. The van der Waals surface area contributed by atoms with Gasteiger partial charge in [0.05, 0.1) is 22.2 Å². The van der Waals surface area contributed by atoms with Crippen LogP contribution in [0, 0.1) is 0 Å². The summed E-state index contributed by atoms with van der Waals surface area (Å²) in [5.41, 5.74) is 6.49. The van der Waals surface area contributed by atoms with Gasteiger partial charge in [0, 0.05) is 0 Å². The van der Waals surface area contributed by atoms with Crippen molar-refractivity contribution < 1.29 is 5.11 Å². The Labute approximate surface area is 99.4 Å². The minimum Gasteiger partial charge on any atom is -0.391 e. The van der Waals surface area contributed by atoms with Gasteiger partial charge in [-0.3, -0.25) is 0 Å². The number of benzene rings is 1. The second-order valence-corrected chi connectivity index (χ2v) is 3.75. The first-order chi connectivity index (χ1) is 6.02. The molecule has 0 heterocycles. The predicted molar refractivity (Wildman–Crippen MR) is 62.3 cm³/mol. The molecule has 0 aliphatic carbocycles. The first kappa shape index (κ1) is 14.0. The van der Waals surface area contributed by atoms with Crippen LogP contribution in [0.3, 0.4) is 0 Å². The Morgan fingerprint density at radius 1 is 1.29 bits per heavy atom. The van der Waals surface area contributed by atoms with Gasteiger partial charge in [0.15, 0.2) is 0 Å². The van der Waals surface area contributed by atoms with E-state index in [9.17, 15) is 5.11 Å². The average molecular weight is 257 g/mol. The first-order valence-corrected chi connectivity index (χ1v) is 4.66. The molecular weight excluding hydrogens is 244 g/mol. The zero-order valence-electron chi connectivity index (χ0n) is 7.58. The summed E-state index contributed by atoms with van der Waals surface area (Å²) in [5.74, 6) is 0. The van der Waals surface area contributed by atoms with E-state index in [1.54, 1.807) is 25.1 Å². The normalized spacial score (nSPS) is 14.4. The van der Waals surface area contributed by atoms with Gasteiger partial charge in [-0.1, -0.05) is 29.3 Å². The molecule has 80 valence electrons. The number of hydrogen-bond acceptors (Lipinski definition) is 2. The van der Waals surface area contributed by atoms with Gasteiger partial charge in [-0.15, -0.1) is 12.4 Å². The molecular formula is C9H12Cl3NO. The zero-order valence-corrected chi connectivity index (χ0v) is 9.90. The molecule has 3 N–H and O–H groups in total. The fourth-order valence-corrected chi connectivity index (χ4v) is 1.30. The predicted octanol–water partition coefficient (Wildman–Crippen LogP) is 2.80. The van der Waals surface area contributed by atoms with Crippen LogP contribution < -0.4 is 5.73 Å². The molecule has 2 nitrogen and oxygen atoms in total. The van der Waals surface area contributed by atoms with Crippen molar-refractivity contribution in [2.45, 2.75) is 19.1 Å². The van der Waals surface area contributed by atoms with Gasteiger partial charge < -0.3 is 10.8 Å². The summed E-state index contributed by atoms with van der Waals surface area (Å²) >= 11 is 11.5. The van der Waals surface area contributed by atoms with E-state index in [1.807, 2.05) is 0 Å². The van der Waals surface area contributed by atoms with Crippen molar-refractivity contribution in [2.24, 2.45) is 5.73 Å². The standard InChI is InChI=1S/C9H11Cl2NO.ClH/c1-5(13)9(12)6-2-3-7(10)8(11)4-6;/h2-5,9,13H,12H2,1H3;1H/t5-,9-;/m0./s1. The maximum atomic E-state index is 9.23. The Kier molecular flexibility index (Phi) is 5.79. The molecule has 5 heteroatoms. The van der Waals surface area contributed by atoms with Crippen LogP contribution in [0.1, 0.15) is 18.5 Å². The van der Waals surface area contributed by atoms with Crippen molar-refractivity contribution in [3.8, 4) is 0 Å². The number of aliphatic hydroxyl groups excluding tert-OH is 1. The third-order valence-corrected chi connectivity index (χ3v) is 2.59. The summed E-state index contributed by atoms with van der Waals surface area (Å²) in [6.07, 6.45) is -0.600. The van der Waals surface area contributed by atoms with Gasteiger partial charge in [0.25, 0.3) is 0 Å². The summed E-state index contributed by atoms with van der Waals surface area (Å²) in [7, 11) is 0.